The molecule has 0 fully saturated rings. The van der Waals surface area contributed by atoms with Crippen molar-refractivity contribution < 1.29 is 18.3 Å². The van der Waals surface area contributed by atoms with Crippen LogP contribution < -0.4 is 4.74 Å². The smallest absolute Gasteiger partial charge is 0.280 e. The number of carbonyl (C=O) groups is 1. The number of fused-ring (bicyclic) bond motifs is 1. The van der Waals surface area contributed by atoms with Gasteiger partial charge in [0.15, 0.2) is 0 Å². The number of rotatable bonds is 1. The van der Waals surface area contributed by atoms with Crippen molar-refractivity contribution >= 4 is 6.29 Å². The van der Waals surface area contributed by atoms with Gasteiger partial charge >= 0.3 is 0 Å². The normalized spacial score (nSPS) is 18.1. The highest BCUT2D eigenvalue weighted by Gasteiger charge is 2.38. The van der Waals surface area contributed by atoms with Crippen LogP contribution in [0.25, 0.3) is 0 Å². The summed E-state index contributed by atoms with van der Waals surface area (Å²) in [6.45, 7) is 0.0143. The fourth-order valence-corrected chi connectivity index (χ4v) is 1.46. The van der Waals surface area contributed by atoms with Crippen molar-refractivity contribution in [3.05, 3.63) is 29.3 Å². The van der Waals surface area contributed by atoms with Gasteiger partial charge < -0.3 is 4.74 Å². The first-order valence-corrected chi connectivity index (χ1v) is 4.24. The molecule has 0 bridgehead atoms. The Hall–Kier alpha value is -1.45. The molecule has 2 rings (SSSR count). The Kier molecular flexibility index (Phi) is 1.98. The van der Waals surface area contributed by atoms with Crippen LogP contribution in [-0.2, 0) is 5.92 Å². The van der Waals surface area contributed by atoms with Gasteiger partial charge in [0.05, 0.1) is 18.6 Å². The number of ether oxygens (including phenoxy) is 1. The van der Waals surface area contributed by atoms with Crippen molar-refractivity contribution in [3.8, 4) is 5.75 Å². The largest absolute Gasteiger partial charge is 0.493 e. The van der Waals surface area contributed by atoms with Crippen molar-refractivity contribution in [3.63, 3.8) is 0 Å². The fraction of sp³-hybridized carbons (Fsp3) is 0.300. The molecule has 0 radical (unpaired) electrons. The first-order chi connectivity index (χ1) is 6.63. The molecule has 0 spiro atoms. The quantitative estimate of drug-likeness (QED) is 0.647. The Morgan fingerprint density at radius 1 is 1.43 bits per heavy atom. The Balaban J connectivity index is 2.54. The average Bonchev–Trinajstić information content (AvgIpc) is 2.17. The lowest BCUT2D eigenvalue weighted by molar-refractivity contribution is -0.0404. The van der Waals surface area contributed by atoms with E-state index in [1.807, 2.05) is 0 Å². The van der Waals surface area contributed by atoms with E-state index >= 15 is 0 Å². The van der Waals surface area contributed by atoms with Gasteiger partial charge in [0.2, 0.25) is 0 Å². The number of hydrogen-bond acceptors (Lipinski definition) is 2. The van der Waals surface area contributed by atoms with Gasteiger partial charge in [0.25, 0.3) is 5.92 Å². The van der Waals surface area contributed by atoms with Crippen LogP contribution in [0.5, 0.6) is 5.75 Å². The topological polar surface area (TPSA) is 26.3 Å². The third-order valence-electron chi connectivity index (χ3n) is 2.21. The molecule has 1 aromatic carbocycles. The van der Waals surface area contributed by atoms with Crippen LogP contribution in [0, 0.1) is 0 Å². The van der Waals surface area contributed by atoms with Gasteiger partial charge in [-0.05, 0) is 18.2 Å². The van der Waals surface area contributed by atoms with Crippen LogP contribution in [0.4, 0.5) is 8.78 Å². The Bertz CT molecular complexity index is 374. The molecular weight excluding hydrogens is 190 g/mol. The van der Waals surface area contributed by atoms with Crippen molar-refractivity contribution in [1.82, 2.24) is 0 Å². The van der Waals surface area contributed by atoms with Crippen LogP contribution >= 0.6 is 0 Å². The molecule has 0 aromatic heterocycles. The highest BCUT2D eigenvalue weighted by atomic mass is 19.3. The van der Waals surface area contributed by atoms with Crippen LogP contribution in [-0.4, -0.2) is 12.9 Å². The predicted molar refractivity (Wildman–Crippen MR) is 45.8 cm³/mol. The summed E-state index contributed by atoms with van der Waals surface area (Å²) in [6, 6.07) is 4.06. The maximum Gasteiger partial charge on any atom is 0.280 e. The minimum atomic E-state index is -2.88. The summed E-state index contributed by atoms with van der Waals surface area (Å²) in [5.41, 5.74) is 0.0577. The average molecular weight is 198 g/mol. The van der Waals surface area contributed by atoms with Crippen molar-refractivity contribution in [2.45, 2.75) is 12.3 Å². The summed E-state index contributed by atoms with van der Waals surface area (Å²) in [6.07, 6.45) is 0.216. The number of benzene rings is 1. The van der Waals surface area contributed by atoms with Gasteiger partial charge in [0.1, 0.15) is 12.0 Å². The molecule has 0 unspecified atom stereocenters. The minimum Gasteiger partial charge on any atom is -0.493 e. The van der Waals surface area contributed by atoms with Crippen molar-refractivity contribution in [2.75, 3.05) is 6.61 Å². The third kappa shape index (κ3) is 1.36. The van der Waals surface area contributed by atoms with Crippen molar-refractivity contribution in [1.29, 1.82) is 0 Å². The van der Waals surface area contributed by atoms with E-state index < -0.39 is 5.92 Å². The number of hydrogen-bond donors (Lipinski definition) is 0. The highest BCUT2D eigenvalue weighted by Crippen LogP contribution is 2.41. The number of alkyl halides is 2. The van der Waals surface area contributed by atoms with Gasteiger partial charge in [-0.1, -0.05) is 0 Å². The molecule has 0 atom stereocenters. The summed E-state index contributed by atoms with van der Waals surface area (Å²) in [5, 5.41) is 0. The molecule has 14 heavy (non-hydrogen) atoms. The van der Waals surface area contributed by atoms with Gasteiger partial charge in [-0.15, -0.1) is 0 Å². The lowest BCUT2D eigenvalue weighted by Gasteiger charge is -2.25. The van der Waals surface area contributed by atoms with Crippen LogP contribution in [0.3, 0.4) is 0 Å². The predicted octanol–water partition coefficient (Wildman–Crippen LogP) is 2.37. The summed E-state index contributed by atoms with van der Waals surface area (Å²) in [7, 11) is 0. The summed E-state index contributed by atoms with van der Waals surface area (Å²) >= 11 is 0. The lowest BCUT2D eigenvalue weighted by atomic mass is 10.00. The molecule has 1 aliphatic rings. The first-order valence-electron chi connectivity index (χ1n) is 4.24. The molecule has 1 aliphatic heterocycles. The van der Waals surface area contributed by atoms with Gasteiger partial charge in [-0.2, -0.15) is 0 Å². The first kappa shape index (κ1) is 9.12. The molecular formula is C10H8F2O2. The zero-order chi connectivity index (χ0) is 10.2. The zero-order valence-electron chi connectivity index (χ0n) is 7.30. The fourth-order valence-electron chi connectivity index (χ4n) is 1.46. The molecule has 0 aliphatic carbocycles. The number of halogens is 2. The molecule has 0 saturated carbocycles. The van der Waals surface area contributed by atoms with Crippen LogP contribution in [0.15, 0.2) is 18.2 Å². The monoisotopic (exact) mass is 198 g/mol. The second kappa shape index (κ2) is 3.04. The molecule has 0 N–H and O–H groups in total. The molecule has 0 saturated heterocycles. The highest BCUT2D eigenvalue weighted by molar-refractivity contribution is 5.75. The lowest BCUT2D eigenvalue weighted by Crippen LogP contribution is -2.24. The van der Waals surface area contributed by atoms with Gasteiger partial charge in [-0.25, -0.2) is 8.78 Å². The van der Waals surface area contributed by atoms with Gasteiger partial charge in [0, 0.05) is 5.56 Å². The van der Waals surface area contributed by atoms with E-state index in [4.69, 9.17) is 4.74 Å². The van der Waals surface area contributed by atoms with Crippen LogP contribution in [0.1, 0.15) is 22.3 Å². The molecule has 2 nitrogen and oxygen atoms in total. The number of carbonyl (C=O) groups excluding carboxylic acids is 1. The van der Waals surface area contributed by atoms with E-state index in [0.717, 1.165) is 0 Å². The zero-order valence-corrected chi connectivity index (χ0v) is 7.30. The molecule has 74 valence electrons. The molecule has 0 amide bonds. The minimum absolute atomic E-state index is 0.0143. The Morgan fingerprint density at radius 2 is 2.21 bits per heavy atom. The molecule has 4 heteroatoms. The maximum atomic E-state index is 13.3. The SMILES string of the molecule is O=Cc1ccc2c(c1)C(F)(F)CCO2. The maximum absolute atomic E-state index is 13.3. The van der Waals surface area contributed by atoms with Gasteiger partial charge in [-0.3, -0.25) is 4.79 Å². The summed E-state index contributed by atoms with van der Waals surface area (Å²) in [5.74, 6) is -2.71. The number of aldehydes is 1. The molecule has 1 heterocycles. The third-order valence-corrected chi connectivity index (χ3v) is 2.21. The van der Waals surface area contributed by atoms with Crippen molar-refractivity contribution in [2.24, 2.45) is 0 Å². The Labute approximate surface area is 79.5 Å². The van der Waals surface area contributed by atoms with E-state index in [2.05, 4.69) is 0 Å². The second-order valence-electron chi connectivity index (χ2n) is 3.18. The van der Waals surface area contributed by atoms with E-state index in [1.54, 1.807) is 0 Å². The molecule has 1 aromatic rings. The summed E-state index contributed by atoms with van der Waals surface area (Å²) in [4.78, 5) is 10.4. The second-order valence-corrected chi connectivity index (χ2v) is 3.18. The standard InChI is InChI=1S/C10H8F2O2/c11-10(12)3-4-14-9-2-1-7(6-13)5-8(9)10/h1-2,5-6H,3-4H2. The van der Waals surface area contributed by atoms with E-state index in [1.165, 1.54) is 18.2 Å². The Morgan fingerprint density at radius 3 is 2.93 bits per heavy atom. The van der Waals surface area contributed by atoms with E-state index in [0.29, 0.717) is 6.29 Å². The summed E-state index contributed by atoms with van der Waals surface area (Å²) < 4.78 is 31.7. The van der Waals surface area contributed by atoms with E-state index in [9.17, 15) is 13.6 Å². The van der Waals surface area contributed by atoms with E-state index in [-0.39, 0.29) is 29.9 Å². The van der Waals surface area contributed by atoms with Crippen LogP contribution in [0.2, 0.25) is 0 Å².